The van der Waals surface area contributed by atoms with E-state index in [1.54, 1.807) is 0 Å². The fourth-order valence-electron chi connectivity index (χ4n) is 6.66. The molecule has 6 atom stereocenters. The lowest BCUT2D eigenvalue weighted by Gasteiger charge is -2.53. The fourth-order valence-corrected chi connectivity index (χ4v) is 8.03. The van der Waals surface area contributed by atoms with Gasteiger partial charge in [-0.25, -0.2) is 4.98 Å². The summed E-state index contributed by atoms with van der Waals surface area (Å²) in [5.74, 6) is 0.533. The smallest absolute Gasteiger partial charge is 0.225 e. The molecule has 0 radical (unpaired) electrons. The van der Waals surface area contributed by atoms with Gasteiger partial charge in [-0.15, -0.1) is 11.3 Å². The minimum Gasteiger partial charge on any atom is -0.392 e. The molecule has 1 amide bonds. The maximum atomic E-state index is 13.1. The highest BCUT2D eigenvalue weighted by atomic mass is 32.1. The van der Waals surface area contributed by atoms with Gasteiger partial charge in [0.05, 0.1) is 11.8 Å². The van der Waals surface area contributed by atoms with Crippen LogP contribution in [0, 0.1) is 23.2 Å². The Labute approximate surface area is 189 Å². The zero-order valence-electron chi connectivity index (χ0n) is 18.9. The number of nitrogens with zero attached hydrogens (tertiary/aromatic N) is 2. The Morgan fingerprint density at radius 3 is 2.68 bits per heavy atom. The van der Waals surface area contributed by atoms with Crippen LogP contribution < -0.4 is 0 Å². The SMILES string of the molecule is C[C@H](C(=O)N1CCCC1)[C@H]1CC[C@@]2(C)Cc3sc(-c4ccccc4)nc3[C@@H](C)[C@@H]2[C@H]1O. The van der Waals surface area contributed by atoms with Crippen LogP contribution in [0.3, 0.4) is 0 Å². The number of aromatic nitrogens is 1. The van der Waals surface area contributed by atoms with Crippen LogP contribution in [-0.2, 0) is 11.2 Å². The summed E-state index contributed by atoms with van der Waals surface area (Å²) < 4.78 is 0. The Morgan fingerprint density at radius 1 is 1.26 bits per heavy atom. The first-order valence-electron chi connectivity index (χ1n) is 11.9. The first-order valence-corrected chi connectivity index (χ1v) is 12.7. The van der Waals surface area contributed by atoms with Gasteiger partial charge in [0.15, 0.2) is 0 Å². The number of amides is 1. The second-order valence-electron chi connectivity index (χ2n) is 10.4. The van der Waals surface area contributed by atoms with Crippen LogP contribution >= 0.6 is 11.3 Å². The van der Waals surface area contributed by atoms with E-state index in [0.29, 0.717) is 0 Å². The van der Waals surface area contributed by atoms with Crippen molar-refractivity contribution in [2.75, 3.05) is 13.1 Å². The van der Waals surface area contributed by atoms with Gasteiger partial charge in [0.1, 0.15) is 5.01 Å². The topological polar surface area (TPSA) is 53.4 Å². The van der Waals surface area contributed by atoms with Gasteiger partial charge in [0.2, 0.25) is 5.91 Å². The van der Waals surface area contributed by atoms with Crippen LogP contribution in [0.25, 0.3) is 10.6 Å². The number of hydrogen-bond acceptors (Lipinski definition) is 4. The van der Waals surface area contributed by atoms with Crippen molar-refractivity contribution in [2.45, 2.75) is 64.9 Å². The van der Waals surface area contributed by atoms with Crippen molar-refractivity contribution in [3.8, 4) is 10.6 Å². The summed E-state index contributed by atoms with van der Waals surface area (Å²) in [5.41, 5.74) is 2.41. The summed E-state index contributed by atoms with van der Waals surface area (Å²) in [5, 5.41) is 12.7. The second-order valence-corrected chi connectivity index (χ2v) is 11.4. The molecule has 4 nitrogen and oxygen atoms in total. The number of thiazole rings is 1. The summed E-state index contributed by atoms with van der Waals surface area (Å²) in [7, 11) is 0. The molecule has 0 unspecified atom stereocenters. The third-order valence-corrected chi connectivity index (χ3v) is 9.51. The lowest BCUT2D eigenvalue weighted by atomic mass is 9.53. The highest BCUT2D eigenvalue weighted by molar-refractivity contribution is 7.15. The number of aliphatic hydroxyl groups is 1. The number of hydrogen-bond donors (Lipinski definition) is 1. The summed E-state index contributed by atoms with van der Waals surface area (Å²) in [6, 6.07) is 10.4. The molecule has 2 fully saturated rings. The first kappa shape index (κ1) is 21.1. The summed E-state index contributed by atoms with van der Waals surface area (Å²) in [6.45, 7) is 8.41. The minimum absolute atomic E-state index is 0.0439. The van der Waals surface area contributed by atoms with Crippen molar-refractivity contribution >= 4 is 17.2 Å². The summed E-state index contributed by atoms with van der Waals surface area (Å²) >= 11 is 1.82. The van der Waals surface area contributed by atoms with E-state index >= 15 is 0 Å². The molecule has 1 saturated heterocycles. The number of rotatable bonds is 3. The highest BCUT2D eigenvalue weighted by Crippen LogP contribution is 2.57. The van der Waals surface area contributed by atoms with Gasteiger partial charge in [0.25, 0.3) is 0 Å². The Morgan fingerprint density at radius 2 is 1.97 bits per heavy atom. The minimum atomic E-state index is -0.453. The van der Waals surface area contributed by atoms with E-state index in [1.807, 2.05) is 29.2 Å². The van der Waals surface area contributed by atoms with Gasteiger partial charge in [0, 0.05) is 35.4 Å². The molecule has 1 aromatic heterocycles. The third kappa shape index (κ3) is 3.54. The van der Waals surface area contributed by atoms with Crippen LogP contribution in [-0.4, -0.2) is 40.1 Å². The predicted molar refractivity (Wildman–Crippen MR) is 125 cm³/mol. The average Bonchev–Trinajstić information content (AvgIpc) is 3.43. The number of carbonyl (C=O) groups excluding carboxylic acids is 1. The molecule has 1 aromatic carbocycles. The molecule has 2 aromatic rings. The molecule has 2 aliphatic carbocycles. The van der Waals surface area contributed by atoms with Crippen LogP contribution in [0.15, 0.2) is 30.3 Å². The molecule has 2 heterocycles. The fraction of sp³-hybridized carbons (Fsp3) is 0.615. The van der Waals surface area contributed by atoms with E-state index in [-0.39, 0.29) is 35.0 Å². The highest BCUT2D eigenvalue weighted by Gasteiger charge is 2.54. The maximum absolute atomic E-state index is 13.1. The Hall–Kier alpha value is -1.72. The Bertz CT molecular complexity index is 952. The number of likely N-dealkylation sites (tertiary alicyclic amines) is 1. The Balaban J connectivity index is 1.42. The standard InChI is InChI=1S/C26H34N2O2S/c1-16(25(30)28-13-7-8-14-28)19-11-12-26(3)15-20-22(17(2)21(26)23(19)29)27-24(31-20)18-9-5-4-6-10-18/h4-6,9-10,16-17,19,21,23,29H,7-8,11-15H2,1-3H3/t16-,17-,19+,21+,23-,26-/m0/s1. The number of aliphatic hydroxyl groups excluding tert-OH is 1. The average molecular weight is 439 g/mol. The normalized spacial score (nSPS) is 33.6. The zero-order chi connectivity index (χ0) is 21.8. The second kappa shape index (κ2) is 8.00. The molecule has 1 aliphatic heterocycles. The first-order chi connectivity index (χ1) is 14.9. The van der Waals surface area contributed by atoms with Crippen LogP contribution in [0.2, 0.25) is 0 Å². The molecule has 31 heavy (non-hydrogen) atoms. The van der Waals surface area contributed by atoms with E-state index in [0.717, 1.165) is 50.2 Å². The van der Waals surface area contributed by atoms with Crippen molar-refractivity contribution in [1.29, 1.82) is 0 Å². The van der Waals surface area contributed by atoms with E-state index in [9.17, 15) is 9.90 Å². The monoisotopic (exact) mass is 438 g/mol. The summed E-state index contributed by atoms with van der Waals surface area (Å²) in [6.07, 6.45) is 4.76. The molecule has 0 bridgehead atoms. The molecule has 5 heteroatoms. The lowest BCUT2D eigenvalue weighted by Crippen LogP contribution is -2.53. The van der Waals surface area contributed by atoms with Crippen molar-refractivity contribution in [3.05, 3.63) is 40.9 Å². The third-order valence-electron chi connectivity index (χ3n) is 8.39. The van der Waals surface area contributed by atoms with E-state index in [4.69, 9.17) is 4.98 Å². The zero-order valence-corrected chi connectivity index (χ0v) is 19.7. The molecule has 1 N–H and O–H groups in total. The predicted octanol–water partition coefficient (Wildman–Crippen LogP) is 5.12. The van der Waals surface area contributed by atoms with Gasteiger partial charge in [-0.05, 0) is 49.4 Å². The van der Waals surface area contributed by atoms with Crippen LogP contribution in [0.1, 0.15) is 62.9 Å². The van der Waals surface area contributed by atoms with Crippen LogP contribution in [0.5, 0.6) is 0 Å². The van der Waals surface area contributed by atoms with Crippen LogP contribution in [0.4, 0.5) is 0 Å². The van der Waals surface area contributed by atoms with E-state index < -0.39 is 6.10 Å². The molecule has 5 rings (SSSR count). The van der Waals surface area contributed by atoms with Crippen molar-refractivity contribution in [2.24, 2.45) is 23.2 Å². The van der Waals surface area contributed by atoms with Gasteiger partial charge in [-0.2, -0.15) is 0 Å². The van der Waals surface area contributed by atoms with E-state index in [2.05, 4.69) is 38.1 Å². The quantitative estimate of drug-likeness (QED) is 0.723. The van der Waals surface area contributed by atoms with Crippen molar-refractivity contribution in [3.63, 3.8) is 0 Å². The van der Waals surface area contributed by atoms with Crippen molar-refractivity contribution < 1.29 is 9.90 Å². The summed E-state index contributed by atoms with van der Waals surface area (Å²) in [4.78, 5) is 21.5. The Kier molecular flexibility index (Phi) is 5.46. The van der Waals surface area contributed by atoms with Gasteiger partial charge < -0.3 is 10.0 Å². The molecule has 166 valence electrons. The molecule has 0 spiro atoms. The largest absolute Gasteiger partial charge is 0.392 e. The molecular weight excluding hydrogens is 404 g/mol. The lowest BCUT2D eigenvalue weighted by molar-refractivity contribution is -0.143. The number of carbonyl (C=O) groups is 1. The van der Waals surface area contributed by atoms with E-state index in [1.165, 1.54) is 16.1 Å². The van der Waals surface area contributed by atoms with Gasteiger partial charge in [-0.1, -0.05) is 51.1 Å². The van der Waals surface area contributed by atoms with Crippen molar-refractivity contribution in [1.82, 2.24) is 9.88 Å². The number of benzene rings is 1. The maximum Gasteiger partial charge on any atom is 0.225 e. The molecule has 1 saturated carbocycles. The molecule has 3 aliphatic rings. The molecular formula is C26H34N2O2S. The van der Waals surface area contributed by atoms with Gasteiger partial charge >= 0.3 is 0 Å². The van der Waals surface area contributed by atoms with Gasteiger partial charge in [-0.3, -0.25) is 4.79 Å². The number of fused-ring (bicyclic) bond motifs is 2.